The lowest BCUT2D eigenvalue weighted by molar-refractivity contribution is -0.115. The molecule has 106 valence electrons. The summed E-state index contributed by atoms with van der Waals surface area (Å²) in [6, 6.07) is 1.89. The molecule has 5 nitrogen and oxygen atoms in total. The van der Waals surface area contributed by atoms with Gasteiger partial charge in [-0.2, -0.15) is 0 Å². The van der Waals surface area contributed by atoms with Crippen molar-refractivity contribution in [3.05, 3.63) is 11.9 Å². The number of likely N-dealkylation sites (N-methyl/N-ethyl adjacent to an activating group) is 1. The summed E-state index contributed by atoms with van der Waals surface area (Å²) in [5.74, 6) is 3.08. The lowest BCUT2D eigenvalue weighted by Crippen LogP contribution is -2.25. The van der Waals surface area contributed by atoms with E-state index >= 15 is 0 Å². The van der Waals surface area contributed by atoms with Crippen molar-refractivity contribution in [1.82, 2.24) is 9.97 Å². The lowest BCUT2D eigenvalue weighted by Gasteiger charge is -2.18. The van der Waals surface area contributed by atoms with Gasteiger partial charge in [-0.15, -0.1) is 0 Å². The summed E-state index contributed by atoms with van der Waals surface area (Å²) in [5.41, 5.74) is 0. The van der Waals surface area contributed by atoms with Crippen molar-refractivity contribution in [3.8, 4) is 0 Å². The van der Waals surface area contributed by atoms with Crippen LogP contribution in [-0.4, -0.2) is 35.9 Å². The van der Waals surface area contributed by atoms with Crippen LogP contribution in [0.3, 0.4) is 0 Å². The van der Waals surface area contributed by atoms with Crippen LogP contribution in [0.5, 0.6) is 0 Å². The van der Waals surface area contributed by atoms with Crippen LogP contribution in [0.25, 0.3) is 0 Å². The number of hydrogen-bond acceptors (Lipinski definition) is 5. The Bertz CT molecular complexity index is 431. The molecule has 0 radical (unpaired) electrons. The van der Waals surface area contributed by atoms with Crippen LogP contribution in [0.2, 0.25) is 0 Å². The minimum atomic E-state index is 0.119. The van der Waals surface area contributed by atoms with Gasteiger partial charge in [0.1, 0.15) is 23.2 Å². The smallest absolute Gasteiger partial charge is 0.149 e. The van der Waals surface area contributed by atoms with Gasteiger partial charge in [0.25, 0.3) is 0 Å². The lowest BCUT2D eigenvalue weighted by atomic mass is 10.1. The fourth-order valence-electron chi connectivity index (χ4n) is 1.74. The molecular formula is C14H24N4O. The fourth-order valence-corrected chi connectivity index (χ4v) is 1.74. The number of aromatic nitrogens is 2. The molecule has 0 atom stereocenters. The first kappa shape index (κ1) is 15.4. The number of nitrogens with zero attached hydrogens (tertiary/aromatic N) is 3. The number of aryl methyl sites for hydroxylation is 1. The van der Waals surface area contributed by atoms with E-state index in [-0.39, 0.29) is 5.78 Å². The number of carbonyl (C=O) groups is 1. The molecule has 0 spiro atoms. The minimum Gasteiger partial charge on any atom is -0.370 e. The van der Waals surface area contributed by atoms with Gasteiger partial charge in [-0.25, -0.2) is 9.97 Å². The van der Waals surface area contributed by atoms with Crippen molar-refractivity contribution in [1.29, 1.82) is 0 Å². The minimum absolute atomic E-state index is 0.119. The SMILES string of the molecule is CC(=O)CN(C)c1cc(NCCC(C)C)nc(C)n1. The summed E-state index contributed by atoms with van der Waals surface area (Å²) in [6.45, 7) is 9.08. The van der Waals surface area contributed by atoms with Gasteiger partial charge < -0.3 is 10.2 Å². The molecular weight excluding hydrogens is 240 g/mol. The fraction of sp³-hybridized carbons (Fsp3) is 0.643. The molecule has 0 aliphatic heterocycles. The van der Waals surface area contributed by atoms with Crippen molar-refractivity contribution in [3.63, 3.8) is 0 Å². The van der Waals surface area contributed by atoms with Crippen LogP contribution in [0.1, 0.15) is 33.0 Å². The summed E-state index contributed by atoms with van der Waals surface area (Å²) in [6.07, 6.45) is 1.10. The molecule has 1 rings (SSSR count). The molecule has 0 fully saturated rings. The first-order valence-corrected chi connectivity index (χ1v) is 6.68. The molecule has 1 heterocycles. The average Bonchev–Trinajstić information content (AvgIpc) is 2.26. The standard InChI is InChI=1S/C14H24N4O/c1-10(2)6-7-15-13-8-14(17-12(4)16-13)18(5)9-11(3)19/h8,10H,6-7,9H2,1-5H3,(H,15,16,17). The Kier molecular flexibility index (Phi) is 5.73. The molecule has 0 aliphatic rings. The molecule has 1 N–H and O–H groups in total. The molecule has 0 aliphatic carbocycles. The average molecular weight is 264 g/mol. The largest absolute Gasteiger partial charge is 0.370 e. The highest BCUT2D eigenvalue weighted by atomic mass is 16.1. The number of Topliss-reactive ketones (excluding diaryl/α,β-unsaturated/α-hetero) is 1. The van der Waals surface area contributed by atoms with Gasteiger partial charge in [-0.3, -0.25) is 4.79 Å². The third kappa shape index (κ3) is 5.68. The van der Waals surface area contributed by atoms with Crippen molar-refractivity contribution in [2.75, 3.05) is 30.4 Å². The van der Waals surface area contributed by atoms with Crippen molar-refractivity contribution >= 4 is 17.4 Å². The second kappa shape index (κ2) is 7.07. The molecule has 1 aromatic rings. The number of hydrogen-bond donors (Lipinski definition) is 1. The topological polar surface area (TPSA) is 58.1 Å². The molecule has 19 heavy (non-hydrogen) atoms. The summed E-state index contributed by atoms with van der Waals surface area (Å²) in [5, 5.41) is 3.30. The van der Waals surface area contributed by atoms with E-state index in [4.69, 9.17) is 0 Å². The number of rotatable bonds is 7. The highest BCUT2D eigenvalue weighted by molar-refractivity contribution is 5.80. The van der Waals surface area contributed by atoms with Crippen molar-refractivity contribution < 1.29 is 4.79 Å². The normalized spacial score (nSPS) is 10.6. The van der Waals surface area contributed by atoms with E-state index in [1.807, 2.05) is 24.9 Å². The van der Waals surface area contributed by atoms with E-state index < -0.39 is 0 Å². The maximum Gasteiger partial charge on any atom is 0.149 e. The van der Waals surface area contributed by atoms with Crippen molar-refractivity contribution in [2.45, 2.75) is 34.1 Å². The highest BCUT2D eigenvalue weighted by Gasteiger charge is 2.08. The van der Waals surface area contributed by atoms with E-state index in [0.29, 0.717) is 18.3 Å². The maximum atomic E-state index is 11.1. The van der Waals surface area contributed by atoms with Gasteiger partial charge in [0, 0.05) is 19.7 Å². The number of carbonyl (C=O) groups excluding carboxylic acids is 1. The van der Waals surface area contributed by atoms with Gasteiger partial charge in [0.05, 0.1) is 6.54 Å². The molecule has 0 saturated carbocycles. The maximum absolute atomic E-state index is 11.1. The molecule has 0 aromatic carbocycles. The van der Waals surface area contributed by atoms with E-state index in [1.54, 1.807) is 6.92 Å². The summed E-state index contributed by atoms with van der Waals surface area (Å²) >= 11 is 0. The van der Waals surface area contributed by atoms with Crippen molar-refractivity contribution in [2.24, 2.45) is 5.92 Å². The van der Waals surface area contributed by atoms with E-state index in [2.05, 4.69) is 29.1 Å². The van der Waals surface area contributed by atoms with Gasteiger partial charge in [0.15, 0.2) is 0 Å². The molecule has 1 aromatic heterocycles. The highest BCUT2D eigenvalue weighted by Crippen LogP contribution is 2.15. The van der Waals surface area contributed by atoms with Crippen LogP contribution in [0.4, 0.5) is 11.6 Å². The van der Waals surface area contributed by atoms with Crippen LogP contribution in [-0.2, 0) is 4.79 Å². The molecule has 0 saturated heterocycles. The summed E-state index contributed by atoms with van der Waals surface area (Å²) in [4.78, 5) is 21.7. The summed E-state index contributed by atoms with van der Waals surface area (Å²) in [7, 11) is 1.86. The number of anilines is 2. The van der Waals surface area contributed by atoms with Gasteiger partial charge in [-0.1, -0.05) is 13.8 Å². The first-order chi connectivity index (χ1) is 8.88. The van der Waals surface area contributed by atoms with Crippen LogP contribution < -0.4 is 10.2 Å². The number of nitrogens with one attached hydrogen (secondary N) is 1. The second-order valence-electron chi connectivity index (χ2n) is 5.33. The van der Waals surface area contributed by atoms with Crippen LogP contribution >= 0.6 is 0 Å². The second-order valence-corrected chi connectivity index (χ2v) is 5.33. The van der Waals surface area contributed by atoms with E-state index in [0.717, 1.165) is 24.6 Å². The van der Waals surface area contributed by atoms with Gasteiger partial charge in [-0.05, 0) is 26.2 Å². The Morgan fingerprint density at radius 2 is 2.11 bits per heavy atom. The molecule has 5 heteroatoms. The molecule has 0 bridgehead atoms. The monoisotopic (exact) mass is 264 g/mol. The Balaban J connectivity index is 2.73. The van der Waals surface area contributed by atoms with E-state index in [9.17, 15) is 4.79 Å². The predicted octanol–water partition coefficient (Wildman–Crippen LogP) is 2.27. The summed E-state index contributed by atoms with van der Waals surface area (Å²) < 4.78 is 0. The quantitative estimate of drug-likeness (QED) is 0.818. The Labute approximate surface area is 115 Å². The third-order valence-electron chi connectivity index (χ3n) is 2.70. The zero-order chi connectivity index (χ0) is 14.4. The van der Waals surface area contributed by atoms with Gasteiger partial charge >= 0.3 is 0 Å². The first-order valence-electron chi connectivity index (χ1n) is 6.68. The zero-order valence-electron chi connectivity index (χ0n) is 12.5. The Morgan fingerprint density at radius 3 is 2.68 bits per heavy atom. The Hall–Kier alpha value is -1.65. The Morgan fingerprint density at radius 1 is 1.42 bits per heavy atom. The van der Waals surface area contributed by atoms with Crippen LogP contribution in [0.15, 0.2) is 6.07 Å². The van der Waals surface area contributed by atoms with E-state index in [1.165, 1.54) is 0 Å². The molecule has 0 amide bonds. The van der Waals surface area contributed by atoms with Gasteiger partial charge in [0.2, 0.25) is 0 Å². The van der Waals surface area contributed by atoms with Crippen LogP contribution in [0, 0.1) is 12.8 Å². The molecule has 0 unspecified atom stereocenters. The predicted molar refractivity (Wildman–Crippen MR) is 78.7 cm³/mol. The zero-order valence-corrected chi connectivity index (χ0v) is 12.5. The number of ketones is 1. The third-order valence-corrected chi connectivity index (χ3v) is 2.70.